The highest BCUT2D eigenvalue weighted by molar-refractivity contribution is 5.79. The highest BCUT2D eigenvalue weighted by Crippen LogP contribution is 2.54. The maximum absolute atomic E-state index is 6.68. The molecule has 0 saturated heterocycles. The topological polar surface area (TPSA) is 12.5 Å². The number of ether oxygens (including phenoxy) is 1. The molecule has 1 spiro atoms. The maximum atomic E-state index is 6.68. The Morgan fingerprint density at radius 3 is 2.54 bits per heavy atom. The SMILES string of the molecule is C=C(C)c1cccc2c1C=CC1(O2)N(C)c2ccccc2C1(C)C. The Morgan fingerprint density at radius 2 is 1.83 bits per heavy atom. The zero-order valence-electron chi connectivity index (χ0n) is 14.8. The van der Waals surface area contributed by atoms with Gasteiger partial charge in [0.15, 0.2) is 0 Å². The Labute approximate surface area is 144 Å². The number of hydrogen-bond donors (Lipinski definition) is 0. The van der Waals surface area contributed by atoms with Gasteiger partial charge in [-0.2, -0.15) is 0 Å². The molecular weight excluding hydrogens is 294 g/mol. The Hall–Kier alpha value is -2.48. The van der Waals surface area contributed by atoms with Crippen LogP contribution in [0.5, 0.6) is 5.75 Å². The highest BCUT2D eigenvalue weighted by Gasteiger charge is 2.57. The molecule has 1 atom stereocenters. The number of para-hydroxylation sites is 1. The van der Waals surface area contributed by atoms with Gasteiger partial charge in [0.05, 0.1) is 5.41 Å². The monoisotopic (exact) mass is 317 g/mol. The largest absolute Gasteiger partial charge is 0.463 e. The van der Waals surface area contributed by atoms with Crippen LogP contribution in [0.15, 0.2) is 55.1 Å². The van der Waals surface area contributed by atoms with Crippen molar-refractivity contribution in [1.82, 2.24) is 0 Å². The number of fused-ring (bicyclic) bond motifs is 2. The molecule has 0 N–H and O–H groups in total. The second kappa shape index (κ2) is 4.76. The summed E-state index contributed by atoms with van der Waals surface area (Å²) < 4.78 is 6.68. The van der Waals surface area contributed by atoms with Gasteiger partial charge >= 0.3 is 0 Å². The quantitative estimate of drug-likeness (QED) is 0.712. The first kappa shape index (κ1) is 15.1. The molecule has 122 valence electrons. The van der Waals surface area contributed by atoms with Crippen molar-refractivity contribution >= 4 is 17.3 Å². The van der Waals surface area contributed by atoms with Gasteiger partial charge in [0.25, 0.3) is 0 Å². The van der Waals surface area contributed by atoms with Gasteiger partial charge in [-0.15, -0.1) is 0 Å². The number of nitrogens with zero attached hydrogens (tertiary/aromatic N) is 1. The fraction of sp³-hybridized carbons (Fsp3) is 0.273. The van der Waals surface area contributed by atoms with Crippen molar-refractivity contribution in [2.45, 2.75) is 31.9 Å². The van der Waals surface area contributed by atoms with Crippen molar-refractivity contribution in [2.24, 2.45) is 0 Å². The van der Waals surface area contributed by atoms with Crippen LogP contribution in [-0.2, 0) is 5.41 Å². The number of anilines is 1. The molecule has 0 amide bonds. The zero-order valence-corrected chi connectivity index (χ0v) is 14.8. The molecule has 0 aliphatic carbocycles. The first-order chi connectivity index (χ1) is 11.4. The molecular formula is C22H23NO. The van der Waals surface area contributed by atoms with Gasteiger partial charge in [0.2, 0.25) is 5.72 Å². The zero-order chi connectivity index (χ0) is 17.1. The minimum absolute atomic E-state index is 0.161. The van der Waals surface area contributed by atoms with Gasteiger partial charge in [-0.25, -0.2) is 0 Å². The van der Waals surface area contributed by atoms with Crippen molar-refractivity contribution in [3.05, 3.63) is 71.8 Å². The summed E-state index contributed by atoms with van der Waals surface area (Å²) in [5.74, 6) is 0.922. The van der Waals surface area contributed by atoms with Gasteiger partial charge in [0, 0.05) is 18.3 Å². The smallest absolute Gasteiger partial charge is 0.211 e. The van der Waals surface area contributed by atoms with E-state index >= 15 is 0 Å². The molecule has 4 rings (SSSR count). The van der Waals surface area contributed by atoms with Crippen LogP contribution in [-0.4, -0.2) is 12.8 Å². The number of likely N-dealkylation sites (N-methyl/N-ethyl adjacent to an activating group) is 1. The summed E-state index contributed by atoms with van der Waals surface area (Å²) in [6.07, 6.45) is 4.41. The van der Waals surface area contributed by atoms with Crippen LogP contribution in [0, 0.1) is 0 Å². The molecule has 0 bridgehead atoms. The second-order valence-electron chi connectivity index (χ2n) is 7.33. The number of hydrogen-bond acceptors (Lipinski definition) is 2. The third kappa shape index (κ3) is 1.71. The van der Waals surface area contributed by atoms with E-state index < -0.39 is 5.72 Å². The van der Waals surface area contributed by atoms with E-state index in [1.54, 1.807) is 0 Å². The minimum Gasteiger partial charge on any atom is -0.463 e. The van der Waals surface area contributed by atoms with Crippen LogP contribution < -0.4 is 9.64 Å². The lowest BCUT2D eigenvalue weighted by Gasteiger charge is -2.46. The van der Waals surface area contributed by atoms with Crippen molar-refractivity contribution in [3.63, 3.8) is 0 Å². The number of rotatable bonds is 1. The Bertz CT molecular complexity index is 877. The molecule has 2 nitrogen and oxygen atoms in total. The Kier molecular flexibility index (Phi) is 2.99. The number of allylic oxidation sites excluding steroid dienone is 1. The van der Waals surface area contributed by atoms with Crippen LogP contribution in [0.3, 0.4) is 0 Å². The third-order valence-corrected chi connectivity index (χ3v) is 5.60. The fourth-order valence-electron chi connectivity index (χ4n) is 4.18. The van der Waals surface area contributed by atoms with E-state index in [0.29, 0.717) is 0 Å². The lowest BCUT2D eigenvalue weighted by molar-refractivity contribution is 0.0581. The molecule has 0 radical (unpaired) electrons. The summed E-state index contributed by atoms with van der Waals surface area (Å²) in [7, 11) is 2.12. The second-order valence-corrected chi connectivity index (χ2v) is 7.33. The predicted molar refractivity (Wildman–Crippen MR) is 101 cm³/mol. The van der Waals surface area contributed by atoms with Crippen molar-refractivity contribution < 1.29 is 4.74 Å². The Morgan fingerprint density at radius 1 is 1.08 bits per heavy atom. The average Bonchev–Trinajstić information content (AvgIpc) is 2.73. The van der Waals surface area contributed by atoms with E-state index in [0.717, 1.165) is 22.4 Å². The van der Waals surface area contributed by atoms with Crippen LogP contribution in [0.25, 0.3) is 11.6 Å². The van der Waals surface area contributed by atoms with Crippen LogP contribution in [0.4, 0.5) is 5.69 Å². The summed E-state index contributed by atoms with van der Waals surface area (Å²) in [6.45, 7) is 10.7. The van der Waals surface area contributed by atoms with Crippen molar-refractivity contribution in [1.29, 1.82) is 0 Å². The van der Waals surface area contributed by atoms with Crippen LogP contribution in [0.2, 0.25) is 0 Å². The molecule has 2 heteroatoms. The molecule has 2 aliphatic rings. The molecule has 0 aromatic heterocycles. The number of benzene rings is 2. The molecule has 2 aliphatic heterocycles. The first-order valence-electron chi connectivity index (χ1n) is 8.39. The van der Waals surface area contributed by atoms with Gasteiger partial charge in [-0.05, 0) is 56.2 Å². The van der Waals surface area contributed by atoms with E-state index in [2.05, 4.69) is 80.9 Å². The molecule has 2 aromatic carbocycles. The molecule has 24 heavy (non-hydrogen) atoms. The molecule has 0 fully saturated rings. The first-order valence-corrected chi connectivity index (χ1v) is 8.39. The van der Waals surface area contributed by atoms with Crippen LogP contribution >= 0.6 is 0 Å². The summed E-state index contributed by atoms with van der Waals surface area (Å²) in [4.78, 5) is 2.26. The van der Waals surface area contributed by atoms with Crippen molar-refractivity contribution in [2.75, 3.05) is 11.9 Å². The maximum Gasteiger partial charge on any atom is 0.211 e. The van der Waals surface area contributed by atoms with E-state index in [1.807, 2.05) is 13.0 Å². The van der Waals surface area contributed by atoms with Crippen molar-refractivity contribution in [3.8, 4) is 5.75 Å². The molecule has 2 heterocycles. The normalized spacial score (nSPS) is 22.9. The van der Waals surface area contributed by atoms with Gasteiger partial charge in [0.1, 0.15) is 5.75 Å². The molecule has 1 unspecified atom stereocenters. The minimum atomic E-state index is -0.516. The van der Waals surface area contributed by atoms with E-state index in [4.69, 9.17) is 4.74 Å². The highest BCUT2D eigenvalue weighted by atomic mass is 16.5. The summed E-state index contributed by atoms with van der Waals surface area (Å²) >= 11 is 0. The fourth-order valence-corrected chi connectivity index (χ4v) is 4.18. The van der Waals surface area contributed by atoms with Gasteiger partial charge in [-0.1, -0.05) is 42.5 Å². The predicted octanol–water partition coefficient (Wildman–Crippen LogP) is 5.25. The lowest BCUT2D eigenvalue weighted by atomic mass is 9.76. The van der Waals surface area contributed by atoms with E-state index in [1.165, 1.54) is 11.3 Å². The third-order valence-electron chi connectivity index (χ3n) is 5.60. The van der Waals surface area contributed by atoms with Gasteiger partial charge in [-0.3, -0.25) is 0 Å². The molecule has 0 saturated carbocycles. The standard InChI is InChI=1S/C22H23NO/c1-15(2)16-9-8-12-20-17(16)13-14-22(24-20)21(3,4)18-10-6-7-11-19(18)23(22)5/h6-14H,1H2,2-5H3. The molecule has 2 aromatic rings. The van der Waals surface area contributed by atoms with Gasteiger partial charge < -0.3 is 9.64 Å². The summed E-state index contributed by atoms with van der Waals surface area (Å²) in [5.41, 5.74) is 5.19. The van der Waals surface area contributed by atoms with E-state index in [-0.39, 0.29) is 5.41 Å². The lowest BCUT2D eigenvalue weighted by Crippen LogP contribution is -2.58. The van der Waals surface area contributed by atoms with Crippen LogP contribution in [0.1, 0.15) is 37.5 Å². The summed E-state index contributed by atoms with van der Waals surface area (Å²) in [5, 5.41) is 0. The Balaban J connectivity index is 1.90. The summed E-state index contributed by atoms with van der Waals surface area (Å²) in [6, 6.07) is 14.8. The average molecular weight is 317 g/mol. The van der Waals surface area contributed by atoms with E-state index in [9.17, 15) is 0 Å².